The Morgan fingerprint density at radius 3 is 2.28 bits per heavy atom. The minimum absolute atomic E-state index is 0.0215. The van der Waals surface area contributed by atoms with Crippen molar-refractivity contribution in [1.29, 1.82) is 0 Å². The minimum atomic E-state index is -0.438. The quantitative estimate of drug-likeness (QED) is 0.820. The van der Waals surface area contributed by atoms with E-state index in [4.69, 9.17) is 4.74 Å². The van der Waals surface area contributed by atoms with Gasteiger partial charge in [-0.1, -0.05) is 36.8 Å². The molecule has 0 unspecified atom stereocenters. The Bertz CT molecular complexity index is 736. The highest BCUT2D eigenvalue weighted by molar-refractivity contribution is 5.99. The van der Waals surface area contributed by atoms with Crippen molar-refractivity contribution in [2.24, 2.45) is 0 Å². The number of hydrogen-bond donors (Lipinski definition) is 1. The number of methoxy groups -OCH3 is 1. The second kappa shape index (κ2) is 7.38. The van der Waals surface area contributed by atoms with Gasteiger partial charge in [-0.2, -0.15) is 0 Å². The molecule has 1 aliphatic carbocycles. The standard InChI is InChI=1S/C20H21NO4/c1-24-18(22)14-25-17-10-8-16(9-11-17)21-19(23)20(12-5-13-20)15-6-3-2-4-7-15/h2-4,6-11H,5,12-14H2,1H3,(H,21,23). The number of ether oxygens (including phenoxy) is 2. The SMILES string of the molecule is COC(=O)COc1ccc(NC(=O)C2(c3ccccc3)CCC2)cc1. The van der Waals surface area contributed by atoms with Gasteiger partial charge < -0.3 is 14.8 Å². The van der Waals surface area contributed by atoms with Crippen LogP contribution in [-0.2, 0) is 19.7 Å². The third-order valence-corrected chi connectivity index (χ3v) is 4.66. The van der Waals surface area contributed by atoms with Gasteiger partial charge in [0.05, 0.1) is 12.5 Å². The van der Waals surface area contributed by atoms with Crippen LogP contribution in [0.3, 0.4) is 0 Å². The molecule has 0 saturated heterocycles. The molecular weight excluding hydrogens is 318 g/mol. The van der Waals surface area contributed by atoms with Crippen molar-refractivity contribution < 1.29 is 19.1 Å². The molecule has 0 aromatic heterocycles. The molecule has 1 saturated carbocycles. The lowest BCUT2D eigenvalue weighted by atomic mass is 9.64. The molecule has 1 N–H and O–H groups in total. The van der Waals surface area contributed by atoms with Gasteiger partial charge in [-0.3, -0.25) is 4.79 Å². The number of carbonyl (C=O) groups excluding carboxylic acids is 2. The summed E-state index contributed by atoms with van der Waals surface area (Å²) in [6.07, 6.45) is 2.79. The largest absolute Gasteiger partial charge is 0.482 e. The van der Waals surface area contributed by atoms with Crippen LogP contribution in [0.4, 0.5) is 5.69 Å². The molecule has 2 aromatic carbocycles. The van der Waals surface area contributed by atoms with Gasteiger partial charge in [0.25, 0.3) is 0 Å². The van der Waals surface area contributed by atoms with Crippen LogP contribution in [0.5, 0.6) is 5.75 Å². The van der Waals surface area contributed by atoms with Gasteiger partial charge in [0.15, 0.2) is 6.61 Å². The van der Waals surface area contributed by atoms with Crippen molar-refractivity contribution in [2.45, 2.75) is 24.7 Å². The molecule has 1 aliphatic rings. The summed E-state index contributed by atoms with van der Waals surface area (Å²) in [6.45, 7) is -0.140. The van der Waals surface area contributed by atoms with Gasteiger partial charge >= 0.3 is 5.97 Å². The van der Waals surface area contributed by atoms with Crippen molar-refractivity contribution in [3.63, 3.8) is 0 Å². The molecule has 0 spiro atoms. The number of rotatable bonds is 6. The summed E-state index contributed by atoms with van der Waals surface area (Å²) >= 11 is 0. The van der Waals surface area contributed by atoms with E-state index in [1.807, 2.05) is 30.3 Å². The lowest BCUT2D eigenvalue weighted by Gasteiger charge is -2.40. The zero-order chi connectivity index (χ0) is 17.7. The molecule has 0 heterocycles. The molecule has 0 atom stereocenters. The Morgan fingerprint density at radius 2 is 1.72 bits per heavy atom. The molecule has 130 valence electrons. The van der Waals surface area contributed by atoms with Crippen LogP contribution in [0, 0.1) is 0 Å². The Labute approximate surface area is 147 Å². The number of amides is 1. The maximum absolute atomic E-state index is 12.9. The molecule has 0 bridgehead atoms. The highest BCUT2D eigenvalue weighted by Gasteiger charge is 2.45. The lowest BCUT2D eigenvalue weighted by Crippen LogP contribution is -2.45. The third-order valence-electron chi connectivity index (χ3n) is 4.66. The average molecular weight is 339 g/mol. The molecule has 25 heavy (non-hydrogen) atoms. The van der Waals surface area contributed by atoms with Crippen LogP contribution in [0.15, 0.2) is 54.6 Å². The Balaban J connectivity index is 1.65. The summed E-state index contributed by atoms with van der Waals surface area (Å²) in [4.78, 5) is 23.9. The summed E-state index contributed by atoms with van der Waals surface area (Å²) in [5.74, 6) is 0.130. The predicted molar refractivity (Wildman–Crippen MR) is 94.6 cm³/mol. The van der Waals surface area contributed by atoms with Gasteiger partial charge in [-0.15, -0.1) is 0 Å². The van der Waals surface area contributed by atoms with E-state index in [9.17, 15) is 9.59 Å². The maximum atomic E-state index is 12.9. The summed E-state index contributed by atoms with van der Waals surface area (Å²) in [6, 6.07) is 16.9. The van der Waals surface area contributed by atoms with Gasteiger partial charge in [-0.25, -0.2) is 4.79 Å². The van der Waals surface area contributed by atoms with Crippen LogP contribution in [-0.4, -0.2) is 25.6 Å². The number of esters is 1. The van der Waals surface area contributed by atoms with Crippen LogP contribution < -0.4 is 10.1 Å². The van der Waals surface area contributed by atoms with Crippen molar-refractivity contribution in [2.75, 3.05) is 19.0 Å². The van der Waals surface area contributed by atoms with E-state index in [1.165, 1.54) is 7.11 Å². The van der Waals surface area contributed by atoms with E-state index in [1.54, 1.807) is 24.3 Å². The van der Waals surface area contributed by atoms with Gasteiger partial charge in [0.1, 0.15) is 5.75 Å². The first-order valence-corrected chi connectivity index (χ1v) is 8.31. The average Bonchev–Trinajstić information content (AvgIpc) is 2.61. The first-order chi connectivity index (χ1) is 12.1. The van der Waals surface area contributed by atoms with E-state index in [0.717, 1.165) is 24.8 Å². The number of benzene rings is 2. The van der Waals surface area contributed by atoms with E-state index >= 15 is 0 Å². The highest BCUT2D eigenvalue weighted by Crippen LogP contribution is 2.44. The normalized spacial score (nSPS) is 14.9. The summed E-state index contributed by atoms with van der Waals surface area (Å²) in [7, 11) is 1.31. The first-order valence-electron chi connectivity index (χ1n) is 8.31. The van der Waals surface area contributed by atoms with Gasteiger partial charge in [-0.05, 0) is 42.7 Å². The monoisotopic (exact) mass is 339 g/mol. The molecule has 1 fully saturated rings. The van der Waals surface area contributed by atoms with Crippen LogP contribution in [0.1, 0.15) is 24.8 Å². The number of nitrogens with one attached hydrogen (secondary N) is 1. The fraction of sp³-hybridized carbons (Fsp3) is 0.300. The molecule has 5 heteroatoms. The van der Waals surface area contributed by atoms with Crippen LogP contribution in [0.25, 0.3) is 0 Å². The van der Waals surface area contributed by atoms with E-state index in [0.29, 0.717) is 11.4 Å². The Hall–Kier alpha value is -2.82. The first kappa shape index (κ1) is 17.0. The van der Waals surface area contributed by atoms with Crippen molar-refractivity contribution >= 4 is 17.6 Å². The van der Waals surface area contributed by atoms with E-state index in [2.05, 4.69) is 10.1 Å². The van der Waals surface area contributed by atoms with Crippen LogP contribution >= 0.6 is 0 Å². The van der Waals surface area contributed by atoms with Gasteiger partial charge in [0, 0.05) is 5.69 Å². The number of carbonyl (C=O) groups is 2. The smallest absolute Gasteiger partial charge is 0.343 e. The Morgan fingerprint density at radius 1 is 1.04 bits per heavy atom. The molecule has 1 amide bonds. The van der Waals surface area contributed by atoms with Crippen molar-refractivity contribution in [3.8, 4) is 5.75 Å². The fourth-order valence-corrected chi connectivity index (χ4v) is 3.02. The molecule has 5 nitrogen and oxygen atoms in total. The predicted octanol–water partition coefficient (Wildman–Crippen LogP) is 3.30. The topological polar surface area (TPSA) is 64.6 Å². The molecule has 0 aliphatic heterocycles. The second-order valence-corrected chi connectivity index (χ2v) is 6.14. The van der Waals surface area contributed by atoms with Crippen molar-refractivity contribution in [1.82, 2.24) is 0 Å². The number of anilines is 1. The van der Waals surface area contributed by atoms with E-state index < -0.39 is 11.4 Å². The second-order valence-electron chi connectivity index (χ2n) is 6.14. The molecule has 0 radical (unpaired) electrons. The third kappa shape index (κ3) is 3.65. The van der Waals surface area contributed by atoms with Gasteiger partial charge in [0.2, 0.25) is 5.91 Å². The maximum Gasteiger partial charge on any atom is 0.343 e. The van der Waals surface area contributed by atoms with Crippen molar-refractivity contribution in [3.05, 3.63) is 60.2 Å². The number of hydrogen-bond acceptors (Lipinski definition) is 4. The Kier molecular flexibility index (Phi) is 5.03. The fourth-order valence-electron chi connectivity index (χ4n) is 3.02. The van der Waals surface area contributed by atoms with Crippen LogP contribution in [0.2, 0.25) is 0 Å². The lowest BCUT2D eigenvalue weighted by molar-refractivity contribution is -0.142. The minimum Gasteiger partial charge on any atom is -0.482 e. The zero-order valence-corrected chi connectivity index (χ0v) is 14.2. The highest BCUT2D eigenvalue weighted by atomic mass is 16.6. The summed E-state index contributed by atoms with van der Waals surface area (Å²) in [5, 5.41) is 3.00. The summed E-state index contributed by atoms with van der Waals surface area (Å²) in [5.41, 5.74) is 1.34. The van der Waals surface area contributed by atoms with E-state index in [-0.39, 0.29) is 12.5 Å². The molecular formula is C20H21NO4. The summed E-state index contributed by atoms with van der Waals surface area (Å²) < 4.78 is 9.83. The zero-order valence-electron chi connectivity index (χ0n) is 14.2. The molecule has 3 rings (SSSR count). The molecule has 2 aromatic rings.